The van der Waals surface area contributed by atoms with Crippen molar-refractivity contribution in [3.8, 4) is 6.07 Å². The van der Waals surface area contributed by atoms with E-state index in [4.69, 9.17) is 25.5 Å². The summed E-state index contributed by atoms with van der Waals surface area (Å²) < 4.78 is 0. The molecule has 10 heavy (non-hydrogen) atoms. The van der Waals surface area contributed by atoms with Gasteiger partial charge in [0.2, 0.25) is 0 Å². The van der Waals surface area contributed by atoms with Crippen LogP contribution in [0.15, 0.2) is 0 Å². The van der Waals surface area contributed by atoms with E-state index in [0.717, 1.165) is 0 Å². The fraction of sp³-hybridized carbons (Fsp3) is 0.333. The molecule has 0 radical (unpaired) electrons. The van der Waals surface area contributed by atoms with Crippen LogP contribution in [0.1, 0.15) is 6.92 Å². The summed E-state index contributed by atoms with van der Waals surface area (Å²) in [5.41, 5.74) is 0. The molecule has 0 aromatic carbocycles. The van der Waals surface area contributed by atoms with Crippen molar-refractivity contribution < 1.29 is 20.2 Å². The van der Waals surface area contributed by atoms with Gasteiger partial charge in [-0.2, -0.15) is 5.26 Å². The highest BCUT2D eigenvalue weighted by molar-refractivity contribution is 5.53. The number of hydrogen-bond acceptors (Lipinski definition) is 5. The van der Waals surface area contributed by atoms with Crippen molar-refractivity contribution in [2.45, 2.75) is 6.92 Å². The highest BCUT2D eigenvalue weighted by Crippen LogP contribution is 1.42. The molecule has 0 bridgehead atoms. The van der Waals surface area contributed by atoms with E-state index in [2.05, 4.69) is 5.90 Å². The zero-order valence-corrected chi connectivity index (χ0v) is 5.48. The molecule has 0 atom stereocenters. The van der Waals surface area contributed by atoms with E-state index in [1.54, 1.807) is 6.07 Å². The lowest BCUT2D eigenvalue weighted by Gasteiger charge is -1.60. The summed E-state index contributed by atoms with van der Waals surface area (Å²) in [6.07, 6.45) is -1.83. The molecule has 0 rings (SSSR count). The molecule has 0 aromatic rings. The fourth-order valence-electron chi connectivity index (χ4n) is 0. The van der Waals surface area contributed by atoms with Crippen LogP contribution in [0.4, 0.5) is 4.79 Å². The molecule has 0 heterocycles. The summed E-state index contributed by atoms with van der Waals surface area (Å²) in [6.45, 7) is 1.43. The van der Waals surface area contributed by atoms with E-state index in [1.165, 1.54) is 6.92 Å². The largest absolute Gasteiger partial charge is 0.503 e. The molecule has 0 saturated carbocycles. The second-order valence-electron chi connectivity index (χ2n) is 0.506. The number of carbonyl (C=O) groups is 1. The van der Waals surface area contributed by atoms with E-state index >= 15 is 0 Å². The first-order chi connectivity index (χ1) is 4.15. The van der Waals surface area contributed by atoms with Gasteiger partial charge in [-0.1, -0.05) is 0 Å². The number of rotatable bonds is 0. The van der Waals surface area contributed by atoms with Crippen LogP contribution in [0.5, 0.6) is 0 Å². The normalized spacial score (nSPS) is 3.80. The Morgan fingerprint density at radius 3 is 1.50 bits per heavy atom. The predicted octanol–water partition coefficient (Wildman–Crippen LogP) is 0.249. The zero-order valence-electron chi connectivity index (χ0n) is 5.48. The van der Waals surface area contributed by atoms with Crippen molar-refractivity contribution >= 4 is 6.16 Å². The maximum Gasteiger partial charge on any atom is 0.503 e. The van der Waals surface area contributed by atoms with Gasteiger partial charge in [-0.25, -0.2) is 10.7 Å². The van der Waals surface area contributed by atoms with Crippen molar-refractivity contribution in [1.82, 2.24) is 6.15 Å². The van der Waals surface area contributed by atoms with E-state index in [1.807, 2.05) is 0 Å². The van der Waals surface area contributed by atoms with Crippen LogP contribution in [0.3, 0.4) is 0 Å². The number of nitrogens with zero attached hydrogens (tertiary/aromatic N) is 1. The Morgan fingerprint density at radius 1 is 1.50 bits per heavy atom. The third kappa shape index (κ3) is 114. The van der Waals surface area contributed by atoms with Crippen LogP contribution in [0, 0.1) is 11.3 Å². The highest BCUT2D eigenvalue weighted by Gasteiger charge is 1.70. The van der Waals surface area contributed by atoms with Gasteiger partial charge in [-0.3, -0.25) is 0 Å². The molecule has 62 valence electrons. The van der Waals surface area contributed by atoms with Gasteiger partial charge in [-0.15, -0.1) is 0 Å². The van der Waals surface area contributed by atoms with Gasteiger partial charge < -0.3 is 21.6 Å². The van der Waals surface area contributed by atoms with Crippen LogP contribution in [-0.4, -0.2) is 21.6 Å². The molecule has 0 aliphatic rings. The van der Waals surface area contributed by atoms with E-state index < -0.39 is 6.16 Å². The first-order valence-corrected chi connectivity index (χ1v) is 1.63. The highest BCUT2D eigenvalue weighted by atomic mass is 16.6. The summed E-state index contributed by atoms with van der Waals surface area (Å²) in [6, 6.07) is 1.75. The monoisotopic (exact) mass is 153 g/mol. The molecular weight excluding hydrogens is 142 g/mol. The Morgan fingerprint density at radius 2 is 1.50 bits per heavy atom. The minimum absolute atomic E-state index is 0. The summed E-state index contributed by atoms with van der Waals surface area (Å²) in [5.74, 6) is 3.50. The van der Waals surface area contributed by atoms with Crippen molar-refractivity contribution in [1.29, 1.82) is 5.26 Å². The second kappa shape index (κ2) is 48.3. The SMILES string of the molecule is CC#N.N.NO.O=C(O)O. The van der Waals surface area contributed by atoms with Gasteiger partial charge in [0, 0.05) is 6.92 Å². The van der Waals surface area contributed by atoms with Crippen molar-refractivity contribution in [2.75, 3.05) is 0 Å². The topological polar surface area (TPSA) is 163 Å². The lowest BCUT2D eigenvalue weighted by atomic mass is 11.0. The number of carboxylic acid groups (broad SMARTS) is 2. The van der Waals surface area contributed by atoms with Crippen LogP contribution in [-0.2, 0) is 0 Å². The van der Waals surface area contributed by atoms with E-state index in [0.29, 0.717) is 0 Å². The fourth-order valence-corrected chi connectivity index (χ4v) is 0. The van der Waals surface area contributed by atoms with Gasteiger partial charge in [0.25, 0.3) is 0 Å². The molecule has 0 spiro atoms. The molecule has 7 heteroatoms. The van der Waals surface area contributed by atoms with Crippen LogP contribution in [0.2, 0.25) is 0 Å². The summed E-state index contributed by atoms with van der Waals surface area (Å²) in [7, 11) is 0. The van der Waals surface area contributed by atoms with Crippen LogP contribution >= 0.6 is 0 Å². The molecule has 0 aliphatic heterocycles. The minimum Gasteiger partial charge on any atom is -0.450 e. The molecule has 0 fully saturated rings. The van der Waals surface area contributed by atoms with E-state index in [-0.39, 0.29) is 6.15 Å². The first kappa shape index (κ1) is 23.4. The van der Waals surface area contributed by atoms with Gasteiger partial charge in [0.15, 0.2) is 0 Å². The maximum atomic E-state index is 8.56. The number of nitriles is 1. The summed E-state index contributed by atoms with van der Waals surface area (Å²) in [4.78, 5) is 8.56. The van der Waals surface area contributed by atoms with Gasteiger partial charge in [-0.05, 0) is 0 Å². The molecule has 0 saturated heterocycles. The van der Waals surface area contributed by atoms with Crippen LogP contribution < -0.4 is 12.0 Å². The molecule has 0 aliphatic carbocycles. The smallest absolute Gasteiger partial charge is 0.450 e. The van der Waals surface area contributed by atoms with Gasteiger partial charge in [0.05, 0.1) is 6.07 Å². The van der Waals surface area contributed by atoms with Crippen molar-refractivity contribution in [2.24, 2.45) is 5.90 Å². The molecule has 8 N–H and O–H groups in total. The maximum absolute atomic E-state index is 8.56. The molecular formula is C3H11N3O4. The van der Waals surface area contributed by atoms with Gasteiger partial charge >= 0.3 is 6.16 Å². The average molecular weight is 153 g/mol. The summed E-state index contributed by atoms with van der Waals surface area (Å²) >= 11 is 0. The molecule has 7 nitrogen and oxygen atoms in total. The third-order valence-corrected chi connectivity index (χ3v) is 0. The predicted molar refractivity (Wildman–Crippen MR) is 32.9 cm³/mol. The second-order valence-corrected chi connectivity index (χ2v) is 0.506. The quantitative estimate of drug-likeness (QED) is 0.311. The molecule has 0 aromatic heterocycles. The van der Waals surface area contributed by atoms with E-state index in [9.17, 15) is 0 Å². The number of hydrogen-bond donors (Lipinski definition) is 5. The Hall–Kier alpha value is -1.36. The first-order valence-electron chi connectivity index (χ1n) is 1.63. The van der Waals surface area contributed by atoms with Crippen molar-refractivity contribution in [3.05, 3.63) is 0 Å². The molecule has 0 unspecified atom stereocenters. The lowest BCUT2D eigenvalue weighted by molar-refractivity contribution is 0.137. The van der Waals surface area contributed by atoms with Gasteiger partial charge in [0.1, 0.15) is 0 Å². The Labute approximate surface area is 57.8 Å². The number of nitrogens with two attached hydrogens (primary N) is 1. The van der Waals surface area contributed by atoms with Crippen molar-refractivity contribution in [3.63, 3.8) is 0 Å². The Kier molecular flexibility index (Phi) is 113. The zero-order chi connectivity index (χ0) is 8.28. The standard InChI is InChI=1S/C2H3N.CH2O3.H3NO.H3N/c1-2-3;2-1(3)4;1-2;/h1H3;(H2,2,3,4);2H,1H2;1H3. The average Bonchev–Trinajstić information content (AvgIpc) is 1.71. The summed E-state index contributed by atoms with van der Waals surface area (Å²) in [5, 5.41) is 27.8. The Balaban J connectivity index is -0.0000000273. The Bertz CT molecular complexity index is 84.2. The minimum atomic E-state index is -1.83. The molecule has 0 amide bonds. The van der Waals surface area contributed by atoms with Crippen LogP contribution in [0.25, 0.3) is 0 Å². The lowest BCUT2D eigenvalue weighted by Crippen LogP contribution is -1.81. The third-order valence-electron chi connectivity index (χ3n) is 0.